The lowest BCUT2D eigenvalue weighted by Gasteiger charge is -2.26. The van der Waals surface area contributed by atoms with E-state index in [0.717, 1.165) is 17.5 Å². The van der Waals surface area contributed by atoms with Crippen LogP contribution in [0.2, 0.25) is 0 Å². The molecule has 18 heavy (non-hydrogen) atoms. The highest BCUT2D eigenvalue weighted by Crippen LogP contribution is 2.27. The first kappa shape index (κ1) is 13.5. The number of aromatic nitrogens is 1. The molecule has 3 N–H and O–H groups in total. The number of hydrogen-bond acceptors (Lipinski definition) is 4. The summed E-state index contributed by atoms with van der Waals surface area (Å²) in [5.74, 6) is 1.36. The van der Waals surface area contributed by atoms with E-state index in [1.54, 1.807) is 5.38 Å². The number of thiazole rings is 1. The van der Waals surface area contributed by atoms with Gasteiger partial charge in [0, 0.05) is 18.5 Å². The van der Waals surface area contributed by atoms with Crippen LogP contribution in [0.4, 0.5) is 0 Å². The molecule has 0 aromatic carbocycles. The zero-order valence-electron chi connectivity index (χ0n) is 10.8. The molecular weight excluding hydrogens is 246 g/mol. The zero-order chi connectivity index (χ0) is 13.0. The van der Waals surface area contributed by atoms with Crippen LogP contribution in [0.3, 0.4) is 0 Å². The average Bonchev–Trinajstić information content (AvgIpc) is 2.85. The molecule has 0 spiro atoms. The van der Waals surface area contributed by atoms with Crippen molar-refractivity contribution in [2.75, 3.05) is 6.54 Å². The summed E-state index contributed by atoms with van der Waals surface area (Å²) in [6.45, 7) is 3.47. The van der Waals surface area contributed by atoms with Crippen LogP contribution in [0.25, 0.3) is 0 Å². The number of nitrogens with one attached hydrogen (secondary N) is 1. The number of amides is 1. The van der Waals surface area contributed by atoms with Crippen molar-refractivity contribution in [1.82, 2.24) is 10.3 Å². The van der Waals surface area contributed by atoms with Crippen molar-refractivity contribution in [2.24, 2.45) is 17.6 Å². The molecule has 0 aliphatic heterocycles. The van der Waals surface area contributed by atoms with E-state index in [2.05, 4.69) is 17.2 Å². The van der Waals surface area contributed by atoms with E-state index in [-0.39, 0.29) is 5.91 Å². The summed E-state index contributed by atoms with van der Waals surface area (Å²) in [6.07, 6.45) is 5.08. The molecule has 4 nitrogen and oxygen atoms in total. The van der Waals surface area contributed by atoms with Gasteiger partial charge in [-0.25, -0.2) is 4.98 Å². The zero-order valence-corrected chi connectivity index (χ0v) is 11.6. The van der Waals surface area contributed by atoms with E-state index < -0.39 is 0 Å². The monoisotopic (exact) mass is 267 g/mol. The molecule has 100 valence electrons. The lowest BCUT2D eigenvalue weighted by molar-refractivity contribution is 0.0936. The Labute approximate surface area is 112 Å². The van der Waals surface area contributed by atoms with Crippen molar-refractivity contribution in [2.45, 2.75) is 39.2 Å². The van der Waals surface area contributed by atoms with Gasteiger partial charge >= 0.3 is 0 Å². The van der Waals surface area contributed by atoms with Crippen LogP contribution >= 0.6 is 11.3 Å². The predicted molar refractivity (Wildman–Crippen MR) is 73.5 cm³/mol. The van der Waals surface area contributed by atoms with Gasteiger partial charge in [0.05, 0.1) is 0 Å². The average molecular weight is 267 g/mol. The molecule has 0 radical (unpaired) electrons. The van der Waals surface area contributed by atoms with Gasteiger partial charge < -0.3 is 11.1 Å². The highest BCUT2D eigenvalue weighted by molar-refractivity contribution is 7.09. The van der Waals surface area contributed by atoms with Crippen molar-refractivity contribution in [1.29, 1.82) is 0 Å². The molecule has 0 bridgehead atoms. The van der Waals surface area contributed by atoms with E-state index in [1.165, 1.54) is 37.0 Å². The minimum absolute atomic E-state index is 0.0656. The normalized spacial score (nSPS) is 23.9. The Kier molecular flexibility index (Phi) is 4.72. The van der Waals surface area contributed by atoms with Crippen molar-refractivity contribution >= 4 is 17.2 Å². The second kappa shape index (κ2) is 6.29. The molecule has 2 unspecified atom stereocenters. The van der Waals surface area contributed by atoms with Crippen LogP contribution in [0.5, 0.6) is 0 Å². The largest absolute Gasteiger partial charge is 0.350 e. The molecule has 1 saturated carbocycles. The number of rotatable bonds is 4. The molecule has 1 amide bonds. The van der Waals surface area contributed by atoms with Gasteiger partial charge in [-0.2, -0.15) is 0 Å². The van der Waals surface area contributed by atoms with Crippen LogP contribution in [-0.4, -0.2) is 17.4 Å². The Bertz CT molecular complexity index is 405. The first-order chi connectivity index (χ1) is 8.69. The second-order valence-corrected chi connectivity index (χ2v) is 6.12. The smallest absolute Gasteiger partial charge is 0.270 e. The van der Waals surface area contributed by atoms with Gasteiger partial charge in [-0.15, -0.1) is 11.3 Å². The van der Waals surface area contributed by atoms with Crippen LogP contribution in [0.15, 0.2) is 5.38 Å². The number of carbonyl (C=O) groups excluding carboxylic acids is 1. The van der Waals surface area contributed by atoms with E-state index in [9.17, 15) is 4.79 Å². The van der Waals surface area contributed by atoms with E-state index in [1.807, 2.05) is 0 Å². The summed E-state index contributed by atoms with van der Waals surface area (Å²) in [5, 5.41) is 5.58. The number of nitrogens with two attached hydrogens (primary N) is 1. The van der Waals surface area contributed by atoms with Crippen molar-refractivity contribution in [3.05, 3.63) is 16.1 Å². The Morgan fingerprint density at radius 2 is 2.44 bits per heavy atom. The standard InChI is InChI=1S/C13H21N3OS/c1-9-3-2-4-10(5-9)7-15-13(17)11-8-18-12(6-14)16-11/h8-10H,2-7,14H2,1H3,(H,15,17). The molecule has 1 fully saturated rings. The summed E-state index contributed by atoms with van der Waals surface area (Å²) in [6, 6.07) is 0. The molecule has 0 saturated heterocycles. The molecule has 1 aliphatic carbocycles. The fraction of sp³-hybridized carbons (Fsp3) is 0.692. The SMILES string of the molecule is CC1CCCC(CNC(=O)c2csc(CN)n2)C1. The molecule has 2 rings (SSSR count). The molecule has 1 aromatic heterocycles. The summed E-state index contributed by atoms with van der Waals surface area (Å²) >= 11 is 1.44. The third-order valence-corrected chi connectivity index (χ3v) is 4.43. The van der Waals surface area contributed by atoms with Crippen LogP contribution in [0.1, 0.15) is 48.1 Å². The molecule has 2 atom stereocenters. The third kappa shape index (κ3) is 3.53. The summed E-state index contributed by atoms with van der Waals surface area (Å²) in [7, 11) is 0. The van der Waals surface area contributed by atoms with E-state index >= 15 is 0 Å². The maximum Gasteiger partial charge on any atom is 0.270 e. The van der Waals surface area contributed by atoms with E-state index in [0.29, 0.717) is 18.2 Å². The van der Waals surface area contributed by atoms with Crippen molar-refractivity contribution in [3.8, 4) is 0 Å². The molecule has 1 aromatic rings. The summed E-state index contributed by atoms with van der Waals surface area (Å²) in [4.78, 5) is 16.1. The molecule has 1 heterocycles. The fourth-order valence-corrected chi connectivity index (χ4v) is 3.24. The Morgan fingerprint density at radius 3 is 3.11 bits per heavy atom. The van der Waals surface area contributed by atoms with Gasteiger partial charge in [0.15, 0.2) is 0 Å². The van der Waals surface area contributed by atoms with Crippen molar-refractivity contribution < 1.29 is 4.79 Å². The topological polar surface area (TPSA) is 68.0 Å². The van der Waals surface area contributed by atoms with Crippen LogP contribution in [-0.2, 0) is 6.54 Å². The number of hydrogen-bond donors (Lipinski definition) is 2. The highest BCUT2D eigenvalue weighted by Gasteiger charge is 2.20. The van der Waals surface area contributed by atoms with E-state index in [4.69, 9.17) is 5.73 Å². The van der Waals surface area contributed by atoms with Crippen LogP contribution < -0.4 is 11.1 Å². The van der Waals surface area contributed by atoms with Gasteiger partial charge in [-0.3, -0.25) is 4.79 Å². The first-order valence-corrected chi connectivity index (χ1v) is 7.49. The first-order valence-electron chi connectivity index (χ1n) is 6.61. The molecular formula is C13H21N3OS. The summed E-state index contributed by atoms with van der Waals surface area (Å²) in [5.41, 5.74) is 5.99. The predicted octanol–water partition coefficient (Wildman–Crippen LogP) is 2.16. The van der Waals surface area contributed by atoms with Gasteiger partial charge in [-0.05, 0) is 24.7 Å². The van der Waals surface area contributed by atoms with Gasteiger partial charge in [0.2, 0.25) is 0 Å². The molecule has 5 heteroatoms. The maximum absolute atomic E-state index is 11.9. The van der Waals surface area contributed by atoms with Gasteiger partial charge in [-0.1, -0.05) is 19.8 Å². The fourth-order valence-electron chi connectivity index (χ4n) is 2.58. The lowest BCUT2D eigenvalue weighted by atomic mass is 9.82. The summed E-state index contributed by atoms with van der Waals surface area (Å²) < 4.78 is 0. The molecule has 1 aliphatic rings. The third-order valence-electron chi connectivity index (χ3n) is 3.56. The minimum Gasteiger partial charge on any atom is -0.350 e. The highest BCUT2D eigenvalue weighted by atomic mass is 32.1. The minimum atomic E-state index is -0.0656. The maximum atomic E-state index is 11.9. The van der Waals surface area contributed by atoms with Crippen LogP contribution in [0, 0.1) is 11.8 Å². The lowest BCUT2D eigenvalue weighted by Crippen LogP contribution is -2.31. The Hall–Kier alpha value is -0.940. The second-order valence-electron chi connectivity index (χ2n) is 5.18. The number of nitrogens with zero attached hydrogens (tertiary/aromatic N) is 1. The Morgan fingerprint density at radius 1 is 1.61 bits per heavy atom. The van der Waals surface area contributed by atoms with Gasteiger partial charge in [0.25, 0.3) is 5.91 Å². The quantitative estimate of drug-likeness (QED) is 0.878. The van der Waals surface area contributed by atoms with Gasteiger partial charge in [0.1, 0.15) is 10.7 Å². The number of carbonyl (C=O) groups is 1. The Balaban J connectivity index is 1.80. The van der Waals surface area contributed by atoms with Crippen molar-refractivity contribution in [3.63, 3.8) is 0 Å².